The first-order valence-corrected chi connectivity index (χ1v) is 12.0. The van der Waals surface area contributed by atoms with E-state index >= 15 is 0 Å². The molecule has 2 aliphatic rings. The Kier molecular flexibility index (Phi) is 5.83. The van der Waals surface area contributed by atoms with Crippen LogP contribution in [-0.2, 0) is 19.9 Å². The van der Waals surface area contributed by atoms with E-state index in [1.807, 2.05) is 17.9 Å². The first kappa shape index (κ1) is 21.6. The SMILES string of the molecule is Cn1ncc2c1CCCC2NC1CCCN(c2ncnc3sc(CC(F)(F)F)cc23)CC1. The summed E-state index contributed by atoms with van der Waals surface area (Å²) in [5, 5.41) is 9.05. The van der Waals surface area contributed by atoms with E-state index in [0.717, 1.165) is 67.7 Å². The van der Waals surface area contributed by atoms with Crippen LogP contribution in [0.3, 0.4) is 0 Å². The highest BCUT2D eigenvalue weighted by molar-refractivity contribution is 7.18. The van der Waals surface area contributed by atoms with Crippen molar-refractivity contribution in [3.8, 4) is 0 Å². The lowest BCUT2D eigenvalue weighted by Crippen LogP contribution is -2.35. The van der Waals surface area contributed by atoms with E-state index in [1.165, 1.54) is 24.0 Å². The smallest absolute Gasteiger partial charge is 0.356 e. The van der Waals surface area contributed by atoms with Crippen molar-refractivity contribution in [2.24, 2.45) is 7.05 Å². The van der Waals surface area contributed by atoms with Gasteiger partial charge in [-0.1, -0.05) is 0 Å². The molecule has 0 bridgehead atoms. The summed E-state index contributed by atoms with van der Waals surface area (Å²) >= 11 is 1.11. The van der Waals surface area contributed by atoms with Crippen LogP contribution in [0, 0.1) is 0 Å². The third kappa shape index (κ3) is 4.47. The Hall–Kier alpha value is -2.20. The molecule has 0 radical (unpaired) electrons. The zero-order valence-electron chi connectivity index (χ0n) is 18.0. The van der Waals surface area contributed by atoms with Gasteiger partial charge in [0.2, 0.25) is 0 Å². The van der Waals surface area contributed by atoms with E-state index in [9.17, 15) is 13.2 Å². The molecule has 1 aliphatic carbocycles. The molecule has 2 unspecified atom stereocenters. The Morgan fingerprint density at radius 3 is 2.88 bits per heavy atom. The molecule has 5 rings (SSSR count). The van der Waals surface area contributed by atoms with Crippen molar-refractivity contribution in [2.75, 3.05) is 18.0 Å². The molecule has 3 aromatic rings. The summed E-state index contributed by atoms with van der Waals surface area (Å²) in [7, 11) is 2.01. The molecule has 2 atom stereocenters. The van der Waals surface area contributed by atoms with Crippen molar-refractivity contribution in [2.45, 2.75) is 63.2 Å². The zero-order valence-corrected chi connectivity index (χ0v) is 18.8. The maximum Gasteiger partial charge on any atom is 0.393 e. The molecular formula is C22H27F3N6S. The molecule has 4 heterocycles. The Labute approximate surface area is 188 Å². The van der Waals surface area contributed by atoms with Gasteiger partial charge in [0.1, 0.15) is 17.0 Å². The Bertz CT molecular complexity index is 1090. The van der Waals surface area contributed by atoms with E-state index in [4.69, 9.17) is 0 Å². The second-order valence-corrected chi connectivity index (χ2v) is 9.93. The molecular weight excluding hydrogens is 437 g/mol. The van der Waals surface area contributed by atoms with Gasteiger partial charge in [0, 0.05) is 48.4 Å². The molecule has 10 heteroatoms. The number of aromatic nitrogens is 4. The summed E-state index contributed by atoms with van der Waals surface area (Å²) in [4.78, 5) is 11.8. The topological polar surface area (TPSA) is 58.9 Å². The molecule has 32 heavy (non-hydrogen) atoms. The molecule has 3 aromatic heterocycles. The van der Waals surface area contributed by atoms with Crippen LogP contribution in [0.4, 0.5) is 19.0 Å². The molecule has 0 spiro atoms. The number of anilines is 1. The van der Waals surface area contributed by atoms with Crippen LogP contribution < -0.4 is 10.2 Å². The minimum absolute atomic E-state index is 0.285. The number of halogens is 3. The van der Waals surface area contributed by atoms with Crippen molar-refractivity contribution < 1.29 is 13.2 Å². The van der Waals surface area contributed by atoms with Gasteiger partial charge in [0.25, 0.3) is 0 Å². The average Bonchev–Trinajstić information content (AvgIpc) is 3.23. The molecule has 6 nitrogen and oxygen atoms in total. The predicted molar refractivity (Wildman–Crippen MR) is 119 cm³/mol. The fraction of sp³-hybridized carbons (Fsp3) is 0.591. The van der Waals surface area contributed by atoms with Gasteiger partial charge in [-0.25, -0.2) is 9.97 Å². The van der Waals surface area contributed by atoms with Crippen LogP contribution in [0.5, 0.6) is 0 Å². The van der Waals surface area contributed by atoms with Crippen LogP contribution in [0.1, 0.15) is 54.3 Å². The molecule has 0 amide bonds. The highest BCUT2D eigenvalue weighted by Gasteiger charge is 2.30. The summed E-state index contributed by atoms with van der Waals surface area (Å²) in [6.45, 7) is 1.67. The minimum atomic E-state index is -4.22. The Balaban J connectivity index is 1.29. The number of hydrogen-bond acceptors (Lipinski definition) is 6. The Morgan fingerprint density at radius 2 is 2.03 bits per heavy atom. The first-order valence-electron chi connectivity index (χ1n) is 11.2. The van der Waals surface area contributed by atoms with Crippen LogP contribution in [0.25, 0.3) is 10.2 Å². The number of aryl methyl sites for hydroxylation is 1. The van der Waals surface area contributed by atoms with E-state index in [2.05, 4.69) is 25.3 Å². The minimum Gasteiger partial charge on any atom is -0.356 e. The van der Waals surface area contributed by atoms with E-state index < -0.39 is 12.6 Å². The number of nitrogens with one attached hydrogen (secondary N) is 1. The molecule has 0 saturated carbocycles. The molecule has 0 aromatic carbocycles. The van der Waals surface area contributed by atoms with E-state index in [1.54, 1.807) is 6.07 Å². The van der Waals surface area contributed by atoms with Gasteiger partial charge in [0.15, 0.2) is 0 Å². The maximum atomic E-state index is 12.9. The van der Waals surface area contributed by atoms with E-state index in [-0.39, 0.29) is 4.88 Å². The zero-order chi connectivity index (χ0) is 22.3. The quantitative estimate of drug-likeness (QED) is 0.614. The molecule has 1 aliphatic heterocycles. The van der Waals surface area contributed by atoms with Gasteiger partial charge in [0.05, 0.1) is 18.0 Å². The largest absolute Gasteiger partial charge is 0.393 e. The van der Waals surface area contributed by atoms with Crippen molar-refractivity contribution in [1.29, 1.82) is 0 Å². The highest BCUT2D eigenvalue weighted by Crippen LogP contribution is 2.35. The maximum absolute atomic E-state index is 12.9. The lowest BCUT2D eigenvalue weighted by Gasteiger charge is -2.28. The van der Waals surface area contributed by atoms with Gasteiger partial charge in [-0.2, -0.15) is 18.3 Å². The van der Waals surface area contributed by atoms with Gasteiger partial charge in [-0.15, -0.1) is 11.3 Å². The van der Waals surface area contributed by atoms with Gasteiger partial charge in [-0.05, 0) is 44.6 Å². The summed E-state index contributed by atoms with van der Waals surface area (Å²) in [6, 6.07) is 2.36. The van der Waals surface area contributed by atoms with E-state index in [0.29, 0.717) is 16.9 Å². The fourth-order valence-corrected chi connectivity index (χ4v) is 6.09. The van der Waals surface area contributed by atoms with Crippen LogP contribution in [0.2, 0.25) is 0 Å². The van der Waals surface area contributed by atoms with Gasteiger partial charge in [-0.3, -0.25) is 4.68 Å². The summed E-state index contributed by atoms with van der Waals surface area (Å²) in [5.74, 6) is 0.757. The van der Waals surface area contributed by atoms with Crippen molar-refractivity contribution >= 4 is 27.4 Å². The summed E-state index contributed by atoms with van der Waals surface area (Å²) < 4.78 is 40.6. The van der Waals surface area contributed by atoms with Crippen molar-refractivity contribution in [3.63, 3.8) is 0 Å². The number of thiophene rings is 1. The standard InChI is InChI=1S/C22H27F3N6S/c1-30-19-6-2-5-18(17(19)12-28-30)29-14-4-3-8-31(9-7-14)20-16-10-15(11-22(23,24)25)32-21(16)27-13-26-20/h10,12-14,18,29H,2-9,11H2,1H3. The second-order valence-electron chi connectivity index (χ2n) is 8.82. The lowest BCUT2D eigenvalue weighted by atomic mass is 9.92. The first-order chi connectivity index (χ1) is 15.4. The molecule has 172 valence electrons. The van der Waals surface area contributed by atoms with Crippen LogP contribution >= 0.6 is 11.3 Å². The monoisotopic (exact) mass is 464 g/mol. The number of fused-ring (bicyclic) bond motifs is 2. The third-order valence-corrected chi connectivity index (χ3v) is 7.62. The van der Waals surface area contributed by atoms with Gasteiger partial charge >= 0.3 is 6.18 Å². The lowest BCUT2D eigenvalue weighted by molar-refractivity contribution is -0.126. The molecule has 1 N–H and O–H groups in total. The highest BCUT2D eigenvalue weighted by atomic mass is 32.1. The molecule has 1 saturated heterocycles. The normalized spacial score (nSPS) is 22.2. The average molecular weight is 465 g/mol. The number of alkyl halides is 3. The van der Waals surface area contributed by atoms with Crippen LogP contribution in [0.15, 0.2) is 18.6 Å². The number of hydrogen-bond donors (Lipinski definition) is 1. The summed E-state index contributed by atoms with van der Waals surface area (Å²) in [6.07, 6.45) is 4.76. The van der Waals surface area contributed by atoms with Crippen molar-refractivity contribution in [1.82, 2.24) is 25.1 Å². The summed E-state index contributed by atoms with van der Waals surface area (Å²) in [5.41, 5.74) is 2.66. The number of rotatable bonds is 4. The third-order valence-electron chi connectivity index (χ3n) is 6.57. The Morgan fingerprint density at radius 1 is 1.16 bits per heavy atom. The fourth-order valence-electron chi connectivity index (χ4n) is 5.07. The molecule has 1 fully saturated rings. The predicted octanol–water partition coefficient (Wildman–Crippen LogP) is 4.56. The van der Waals surface area contributed by atoms with Gasteiger partial charge < -0.3 is 10.2 Å². The number of nitrogens with zero attached hydrogens (tertiary/aromatic N) is 5. The van der Waals surface area contributed by atoms with Crippen LogP contribution in [-0.4, -0.2) is 45.1 Å². The van der Waals surface area contributed by atoms with Crippen molar-refractivity contribution in [3.05, 3.63) is 34.7 Å². The second kappa shape index (κ2) is 8.62.